The first kappa shape index (κ1) is 9.21. The van der Waals surface area contributed by atoms with E-state index in [1.165, 1.54) is 0 Å². The molecule has 5 heteroatoms. The highest BCUT2D eigenvalue weighted by Gasteiger charge is 2.11. The Hall–Kier alpha value is -1.36. The van der Waals surface area contributed by atoms with Crippen molar-refractivity contribution in [1.29, 1.82) is 0 Å². The van der Waals surface area contributed by atoms with E-state index in [4.69, 9.17) is 9.47 Å². The molecule has 2 rings (SSSR count). The minimum absolute atomic E-state index is 0.405. The average Bonchev–Trinajstić information content (AvgIpc) is 2.30. The van der Waals surface area contributed by atoms with Crippen LogP contribution < -0.4 is 9.64 Å². The van der Waals surface area contributed by atoms with Crippen molar-refractivity contribution >= 4 is 5.69 Å². The average molecular weight is 195 g/mol. The molecule has 2 heterocycles. The Bertz CT molecular complexity index is 283. The minimum atomic E-state index is 0.405. The molecule has 0 spiro atoms. The third-order valence-corrected chi connectivity index (χ3v) is 2.17. The molecule has 1 aliphatic rings. The van der Waals surface area contributed by atoms with Crippen LogP contribution in [0, 0.1) is 0 Å². The van der Waals surface area contributed by atoms with Crippen LogP contribution in [-0.2, 0) is 4.74 Å². The number of ether oxygens (including phenoxy) is 2. The largest absolute Gasteiger partial charge is 0.467 e. The van der Waals surface area contributed by atoms with Crippen LogP contribution in [0.1, 0.15) is 0 Å². The van der Waals surface area contributed by atoms with Crippen LogP contribution in [0.3, 0.4) is 0 Å². The first-order valence-corrected chi connectivity index (χ1v) is 4.59. The lowest BCUT2D eigenvalue weighted by atomic mass is 10.4. The van der Waals surface area contributed by atoms with Crippen molar-refractivity contribution < 1.29 is 9.47 Å². The van der Waals surface area contributed by atoms with Gasteiger partial charge in [0.2, 0.25) is 0 Å². The van der Waals surface area contributed by atoms with Crippen LogP contribution in [0.15, 0.2) is 12.4 Å². The van der Waals surface area contributed by atoms with Crippen LogP contribution in [0.5, 0.6) is 6.01 Å². The highest BCUT2D eigenvalue weighted by molar-refractivity contribution is 5.42. The molecule has 0 bridgehead atoms. The number of hydrogen-bond donors (Lipinski definition) is 0. The molecule has 5 nitrogen and oxygen atoms in total. The molecule has 1 fully saturated rings. The van der Waals surface area contributed by atoms with Gasteiger partial charge in [-0.05, 0) is 0 Å². The monoisotopic (exact) mass is 195 g/mol. The van der Waals surface area contributed by atoms with Gasteiger partial charge in [0, 0.05) is 13.1 Å². The van der Waals surface area contributed by atoms with Gasteiger partial charge < -0.3 is 14.4 Å². The normalized spacial score (nSPS) is 16.8. The van der Waals surface area contributed by atoms with Gasteiger partial charge >= 0.3 is 6.01 Å². The van der Waals surface area contributed by atoms with Crippen molar-refractivity contribution in [1.82, 2.24) is 9.97 Å². The van der Waals surface area contributed by atoms with E-state index in [-0.39, 0.29) is 0 Å². The lowest BCUT2D eigenvalue weighted by molar-refractivity contribution is 0.122. The number of anilines is 1. The van der Waals surface area contributed by atoms with Gasteiger partial charge in [-0.2, -0.15) is 0 Å². The molecule has 1 saturated heterocycles. The standard InChI is InChI=1S/C9H13N3O2/c1-13-9-10-6-8(7-11-9)12-2-4-14-5-3-12/h6-7H,2-5H2,1H3. The van der Waals surface area contributed by atoms with E-state index >= 15 is 0 Å². The van der Waals surface area contributed by atoms with E-state index in [1.807, 2.05) is 0 Å². The predicted molar refractivity (Wildman–Crippen MR) is 51.6 cm³/mol. The second-order valence-electron chi connectivity index (χ2n) is 3.03. The van der Waals surface area contributed by atoms with E-state index < -0.39 is 0 Å². The number of rotatable bonds is 2. The number of nitrogens with zero attached hydrogens (tertiary/aromatic N) is 3. The summed E-state index contributed by atoms with van der Waals surface area (Å²) in [7, 11) is 1.56. The first-order chi connectivity index (χ1) is 6.90. The van der Waals surface area contributed by atoms with Crippen molar-refractivity contribution in [2.45, 2.75) is 0 Å². The van der Waals surface area contributed by atoms with Gasteiger partial charge in [0.1, 0.15) is 0 Å². The van der Waals surface area contributed by atoms with Crippen LogP contribution >= 0.6 is 0 Å². The zero-order valence-electron chi connectivity index (χ0n) is 8.14. The number of hydrogen-bond acceptors (Lipinski definition) is 5. The number of methoxy groups -OCH3 is 1. The van der Waals surface area contributed by atoms with Crippen LogP contribution in [0.2, 0.25) is 0 Å². The van der Waals surface area contributed by atoms with Crippen molar-refractivity contribution in [3.63, 3.8) is 0 Å². The van der Waals surface area contributed by atoms with Crippen LogP contribution in [0.25, 0.3) is 0 Å². The third kappa shape index (κ3) is 1.93. The number of morpholine rings is 1. The van der Waals surface area contributed by atoms with Crippen molar-refractivity contribution in [2.75, 3.05) is 38.3 Å². The van der Waals surface area contributed by atoms with Crippen LogP contribution in [-0.4, -0.2) is 43.4 Å². The molecule has 14 heavy (non-hydrogen) atoms. The maximum Gasteiger partial charge on any atom is 0.316 e. The third-order valence-electron chi connectivity index (χ3n) is 2.17. The smallest absolute Gasteiger partial charge is 0.316 e. The molecule has 0 amide bonds. The molecule has 0 aliphatic carbocycles. The zero-order chi connectivity index (χ0) is 9.80. The quantitative estimate of drug-likeness (QED) is 0.680. The molecule has 0 unspecified atom stereocenters. The summed E-state index contributed by atoms with van der Waals surface area (Å²) < 4.78 is 10.1. The summed E-state index contributed by atoms with van der Waals surface area (Å²) in [6.07, 6.45) is 3.55. The van der Waals surface area contributed by atoms with E-state index in [9.17, 15) is 0 Å². The Balaban J connectivity index is 2.07. The number of aromatic nitrogens is 2. The second-order valence-corrected chi connectivity index (χ2v) is 3.03. The highest BCUT2D eigenvalue weighted by atomic mass is 16.5. The Labute approximate surface area is 82.7 Å². The van der Waals surface area contributed by atoms with Gasteiger partial charge in [-0.15, -0.1) is 0 Å². The summed E-state index contributed by atoms with van der Waals surface area (Å²) in [5.41, 5.74) is 1.02. The summed E-state index contributed by atoms with van der Waals surface area (Å²) in [6, 6.07) is 0.405. The Morgan fingerprint density at radius 2 is 1.93 bits per heavy atom. The van der Waals surface area contributed by atoms with Gasteiger partial charge in [-0.25, -0.2) is 9.97 Å². The zero-order valence-corrected chi connectivity index (χ0v) is 8.14. The molecule has 1 aromatic rings. The molecule has 1 aromatic heterocycles. The molecule has 0 saturated carbocycles. The van der Waals surface area contributed by atoms with Gasteiger partial charge in [0.15, 0.2) is 0 Å². The lowest BCUT2D eigenvalue weighted by Crippen LogP contribution is -2.36. The van der Waals surface area contributed by atoms with Crippen molar-refractivity contribution in [3.05, 3.63) is 12.4 Å². The topological polar surface area (TPSA) is 47.5 Å². The Kier molecular flexibility index (Phi) is 2.78. The Morgan fingerprint density at radius 3 is 2.50 bits per heavy atom. The molecule has 0 aromatic carbocycles. The molecule has 0 radical (unpaired) electrons. The fourth-order valence-corrected chi connectivity index (χ4v) is 1.40. The molecule has 76 valence electrons. The van der Waals surface area contributed by atoms with Crippen LogP contribution in [0.4, 0.5) is 5.69 Å². The SMILES string of the molecule is COc1ncc(N2CCOCC2)cn1. The van der Waals surface area contributed by atoms with E-state index in [0.29, 0.717) is 6.01 Å². The summed E-state index contributed by atoms with van der Waals surface area (Å²) >= 11 is 0. The summed E-state index contributed by atoms with van der Waals surface area (Å²) in [6.45, 7) is 3.34. The fourth-order valence-electron chi connectivity index (χ4n) is 1.40. The minimum Gasteiger partial charge on any atom is -0.467 e. The molecular weight excluding hydrogens is 182 g/mol. The maximum atomic E-state index is 5.26. The van der Waals surface area contributed by atoms with E-state index in [2.05, 4.69) is 14.9 Å². The van der Waals surface area contributed by atoms with Gasteiger partial charge in [-0.1, -0.05) is 0 Å². The Morgan fingerprint density at radius 1 is 1.29 bits per heavy atom. The molecule has 1 aliphatic heterocycles. The van der Waals surface area contributed by atoms with Gasteiger partial charge in [0.25, 0.3) is 0 Å². The molecular formula is C9H13N3O2. The summed E-state index contributed by atoms with van der Waals surface area (Å²) in [4.78, 5) is 10.3. The van der Waals surface area contributed by atoms with E-state index in [1.54, 1.807) is 19.5 Å². The molecule has 0 atom stereocenters. The van der Waals surface area contributed by atoms with Crippen molar-refractivity contribution in [2.24, 2.45) is 0 Å². The summed E-state index contributed by atoms with van der Waals surface area (Å²) in [5, 5.41) is 0. The van der Waals surface area contributed by atoms with Crippen molar-refractivity contribution in [3.8, 4) is 6.01 Å². The highest BCUT2D eigenvalue weighted by Crippen LogP contribution is 2.14. The maximum absolute atomic E-state index is 5.26. The lowest BCUT2D eigenvalue weighted by Gasteiger charge is -2.28. The van der Waals surface area contributed by atoms with Gasteiger partial charge in [-0.3, -0.25) is 0 Å². The summed E-state index contributed by atoms with van der Waals surface area (Å²) in [5.74, 6) is 0. The molecule has 0 N–H and O–H groups in total. The van der Waals surface area contributed by atoms with Gasteiger partial charge in [0.05, 0.1) is 38.4 Å². The predicted octanol–water partition coefficient (Wildman–Crippen LogP) is 0.322. The van der Waals surface area contributed by atoms with E-state index in [0.717, 1.165) is 32.0 Å². The second kappa shape index (κ2) is 4.23. The fraction of sp³-hybridized carbons (Fsp3) is 0.556. The first-order valence-electron chi connectivity index (χ1n) is 4.59.